The van der Waals surface area contributed by atoms with Gasteiger partial charge in [-0.1, -0.05) is 42.5 Å². The molecule has 0 saturated carbocycles. The van der Waals surface area contributed by atoms with Crippen LogP contribution in [-0.2, 0) is 6.54 Å². The first-order valence-corrected chi connectivity index (χ1v) is 8.16. The van der Waals surface area contributed by atoms with E-state index in [2.05, 4.69) is 59.4 Å². The molecule has 1 heterocycles. The van der Waals surface area contributed by atoms with Gasteiger partial charge in [0.25, 0.3) is 0 Å². The van der Waals surface area contributed by atoms with Gasteiger partial charge in [-0.15, -0.1) is 12.4 Å². The van der Waals surface area contributed by atoms with E-state index >= 15 is 0 Å². The van der Waals surface area contributed by atoms with E-state index in [0.29, 0.717) is 5.92 Å². The molecule has 2 nitrogen and oxygen atoms in total. The zero-order chi connectivity index (χ0) is 15.2. The topological polar surface area (TPSA) is 16.1 Å². The van der Waals surface area contributed by atoms with Crippen LogP contribution in [0.5, 0.6) is 0 Å². The summed E-state index contributed by atoms with van der Waals surface area (Å²) in [4.78, 5) is 6.73. The first-order valence-electron chi connectivity index (χ1n) is 8.16. The minimum atomic E-state index is 0. The number of hydrogen-bond acceptors (Lipinski definition) is 2. The second-order valence-corrected chi connectivity index (χ2v) is 6.21. The second-order valence-electron chi connectivity index (χ2n) is 6.21. The van der Waals surface area contributed by atoms with Gasteiger partial charge < -0.3 is 4.90 Å². The highest BCUT2D eigenvalue weighted by molar-refractivity contribution is 5.85. The minimum Gasteiger partial charge on any atom is -0.302 e. The van der Waals surface area contributed by atoms with Crippen molar-refractivity contribution in [2.24, 2.45) is 5.92 Å². The fraction of sp³-hybridized carbons (Fsp3) is 0.350. The molecular formula is C20H25ClN2. The van der Waals surface area contributed by atoms with Gasteiger partial charge in [0, 0.05) is 25.5 Å². The highest BCUT2D eigenvalue weighted by atomic mass is 35.5. The van der Waals surface area contributed by atoms with Crippen molar-refractivity contribution in [3.63, 3.8) is 0 Å². The molecule has 0 amide bonds. The lowest BCUT2D eigenvalue weighted by Crippen LogP contribution is -2.27. The van der Waals surface area contributed by atoms with Gasteiger partial charge in [-0.2, -0.15) is 0 Å². The van der Waals surface area contributed by atoms with Gasteiger partial charge in [-0.3, -0.25) is 4.98 Å². The van der Waals surface area contributed by atoms with Crippen LogP contribution < -0.4 is 0 Å². The van der Waals surface area contributed by atoms with Gasteiger partial charge >= 0.3 is 0 Å². The van der Waals surface area contributed by atoms with E-state index in [1.807, 2.05) is 18.5 Å². The third-order valence-electron chi connectivity index (χ3n) is 4.38. The first-order chi connectivity index (χ1) is 10.8. The maximum atomic E-state index is 4.29. The van der Waals surface area contributed by atoms with Crippen molar-refractivity contribution in [1.29, 1.82) is 0 Å². The third-order valence-corrected chi connectivity index (χ3v) is 4.38. The molecule has 122 valence electrons. The standard InChI is InChI=1S/C20H24N2.ClH/c1-22(15-17-8-3-2-4-9-17)16-19-10-5-6-12-20(19)18-11-7-13-21-14-18;/h2-4,7-9,11-14,19H,5-6,10,15-16H2,1H3;1H. The molecule has 2 aromatic rings. The summed E-state index contributed by atoms with van der Waals surface area (Å²) in [6.45, 7) is 2.12. The number of benzene rings is 1. The number of hydrogen-bond donors (Lipinski definition) is 0. The Bertz CT molecular complexity index is 610. The molecule has 1 unspecified atom stereocenters. The molecule has 0 N–H and O–H groups in total. The summed E-state index contributed by atoms with van der Waals surface area (Å²) >= 11 is 0. The summed E-state index contributed by atoms with van der Waals surface area (Å²) < 4.78 is 0. The Morgan fingerprint density at radius 2 is 1.96 bits per heavy atom. The van der Waals surface area contributed by atoms with Gasteiger partial charge in [0.05, 0.1) is 0 Å². The molecule has 0 aliphatic heterocycles. The number of nitrogens with zero attached hydrogens (tertiary/aromatic N) is 2. The normalized spacial score (nSPS) is 17.5. The number of halogens is 1. The largest absolute Gasteiger partial charge is 0.302 e. The van der Waals surface area contributed by atoms with Crippen LogP contribution in [0.25, 0.3) is 5.57 Å². The molecule has 0 fully saturated rings. The molecule has 0 spiro atoms. The maximum absolute atomic E-state index is 4.29. The van der Waals surface area contributed by atoms with Crippen LogP contribution in [0, 0.1) is 5.92 Å². The molecular weight excluding hydrogens is 304 g/mol. The van der Waals surface area contributed by atoms with Crippen LogP contribution in [0.3, 0.4) is 0 Å². The molecule has 1 aromatic carbocycles. The van der Waals surface area contributed by atoms with E-state index in [1.165, 1.54) is 36.0 Å². The highest BCUT2D eigenvalue weighted by Crippen LogP contribution is 2.32. The van der Waals surface area contributed by atoms with E-state index in [0.717, 1.165) is 13.1 Å². The molecule has 1 aromatic heterocycles. The average molecular weight is 329 g/mol. The van der Waals surface area contributed by atoms with E-state index in [4.69, 9.17) is 0 Å². The van der Waals surface area contributed by atoms with Crippen LogP contribution in [0.2, 0.25) is 0 Å². The molecule has 3 heteroatoms. The number of pyridine rings is 1. The lowest BCUT2D eigenvalue weighted by Gasteiger charge is -2.29. The Balaban J connectivity index is 0.00000192. The summed E-state index contributed by atoms with van der Waals surface area (Å²) in [7, 11) is 2.22. The number of allylic oxidation sites excluding steroid dienone is 1. The molecule has 23 heavy (non-hydrogen) atoms. The lowest BCUT2D eigenvalue weighted by atomic mass is 9.84. The van der Waals surface area contributed by atoms with Crippen LogP contribution in [0.15, 0.2) is 60.9 Å². The molecule has 0 bridgehead atoms. The molecule has 0 radical (unpaired) electrons. The molecule has 1 aliphatic rings. The summed E-state index contributed by atoms with van der Waals surface area (Å²) in [6.07, 6.45) is 10.0. The Labute approximate surface area is 145 Å². The van der Waals surface area contributed by atoms with Crippen molar-refractivity contribution >= 4 is 18.0 Å². The van der Waals surface area contributed by atoms with E-state index < -0.39 is 0 Å². The Kier molecular flexibility index (Phi) is 6.82. The van der Waals surface area contributed by atoms with E-state index in [9.17, 15) is 0 Å². The summed E-state index contributed by atoms with van der Waals surface area (Å²) in [5.74, 6) is 0.617. The fourth-order valence-corrected chi connectivity index (χ4v) is 3.36. The van der Waals surface area contributed by atoms with Crippen molar-refractivity contribution in [3.05, 3.63) is 72.1 Å². The summed E-state index contributed by atoms with van der Waals surface area (Å²) in [5, 5.41) is 0. The Hall–Kier alpha value is -1.64. The van der Waals surface area contributed by atoms with E-state index in [1.54, 1.807) is 0 Å². The zero-order valence-electron chi connectivity index (χ0n) is 13.7. The highest BCUT2D eigenvalue weighted by Gasteiger charge is 2.20. The Morgan fingerprint density at radius 3 is 2.70 bits per heavy atom. The van der Waals surface area contributed by atoms with Gasteiger partial charge in [0.1, 0.15) is 0 Å². The smallest absolute Gasteiger partial charge is 0.0343 e. The van der Waals surface area contributed by atoms with Crippen molar-refractivity contribution in [3.8, 4) is 0 Å². The summed E-state index contributed by atoms with van der Waals surface area (Å²) in [5.41, 5.74) is 4.16. The van der Waals surface area contributed by atoms with Crippen molar-refractivity contribution < 1.29 is 0 Å². The molecule has 1 aliphatic carbocycles. The van der Waals surface area contributed by atoms with Crippen LogP contribution in [0.4, 0.5) is 0 Å². The zero-order valence-corrected chi connectivity index (χ0v) is 14.5. The monoisotopic (exact) mass is 328 g/mol. The molecule has 0 saturated heterocycles. The van der Waals surface area contributed by atoms with Crippen LogP contribution in [0.1, 0.15) is 30.4 Å². The average Bonchev–Trinajstić information content (AvgIpc) is 2.57. The van der Waals surface area contributed by atoms with Gasteiger partial charge in [0.2, 0.25) is 0 Å². The van der Waals surface area contributed by atoms with Crippen LogP contribution >= 0.6 is 12.4 Å². The van der Waals surface area contributed by atoms with Gasteiger partial charge in [-0.25, -0.2) is 0 Å². The SMILES string of the molecule is CN(Cc1ccccc1)CC1CCCC=C1c1cccnc1.Cl. The quantitative estimate of drug-likeness (QED) is 0.782. The van der Waals surface area contributed by atoms with Crippen molar-refractivity contribution in [2.75, 3.05) is 13.6 Å². The van der Waals surface area contributed by atoms with Crippen LogP contribution in [-0.4, -0.2) is 23.5 Å². The third kappa shape index (κ3) is 4.92. The predicted octanol–water partition coefficient (Wildman–Crippen LogP) is 4.82. The predicted molar refractivity (Wildman–Crippen MR) is 99.6 cm³/mol. The summed E-state index contributed by atoms with van der Waals surface area (Å²) in [6, 6.07) is 14.9. The van der Waals surface area contributed by atoms with Crippen molar-refractivity contribution in [2.45, 2.75) is 25.8 Å². The van der Waals surface area contributed by atoms with Gasteiger partial charge in [-0.05, 0) is 55.0 Å². The van der Waals surface area contributed by atoms with Gasteiger partial charge in [0.15, 0.2) is 0 Å². The minimum absolute atomic E-state index is 0. The second kappa shape index (κ2) is 8.85. The molecule has 1 atom stereocenters. The Morgan fingerprint density at radius 1 is 1.13 bits per heavy atom. The lowest BCUT2D eigenvalue weighted by molar-refractivity contribution is 0.285. The first kappa shape index (κ1) is 17.7. The number of aromatic nitrogens is 1. The van der Waals surface area contributed by atoms with E-state index in [-0.39, 0.29) is 12.4 Å². The maximum Gasteiger partial charge on any atom is 0.0343 e. The number of rotatable bonds is 5. The molecule has 3 rings (SSSR count). The fourth-order valence-electron chi connectivity index (χ4n) is 3.36. The van der Waals surface area contributed by atoms with Crippen molar-refractivity contribution in [1.82, 2.24) is 9.88 Å².